The van der Waals surface area contributed by atoms with Crippen molar-refractivity contribution < 1.29 is 31.1 Å². The Hall–Kier alpha value is -2.84. The van der Waals surface area contributed by atoms with Crippen LogP contribution in [0.5, 0.6) is 0 Å². The summed E-state index contributed by atoms with van der Waals surface area (Å²) < 4.78 is 81.5. The molecule has 2 atom stereocenters. The maximum absolute atomic E-state index is 14.4. The standard InChI is InChI=1S/C20H20F4N6O3S/c21-12-6-16(15-5-11(19(23)24)13(22)7-25-15)30-17(12)8-26-20(28-30)27-14-3-4-29(9-18(14)31)34(32,33)10-1-2-10/h5-8,10,14,18-19,31H,1-4,9H2,(H,27,28)/t14-,18-/m1/s1. The van der Waals surface area contributed by atoms with Crippen LogP contribution in [0.15, 0.2) is 24.5 Å². The van der Waals surface area contributed by atoms with E-state index in [1.54, 1.807) is 0 Å². The number of sulfonamides is 1. The lowest BCUT2D eigenvalue weighted by molar-refractivity contribution is 0.0946. The van der Waals surface area contributed by atoms with E-state index in [1.165, 1.54) is 10.5 Å². The molecule has 1 aliphatic heterocycles. The molecule has 1 aliphatic carbocycles. The van der Waals surface area contributed by atoms with Gasteiger partial charge in [0.1, 0.15) is 11.3 Å². The summed E-state index contributed by atoms with van der Waals surface area (Å²) >= 11 is 0. The van der Waals surface area contributed by atoms with E-state index in [4.69, 9.17) is 0 Å². The quantitative estimate of drug-likeness (QED) is 0.500. The average Bonchev–Trinajstić information content (AvgIpc) is 3.61. The van der Waals surface area contributed by atoms with Crippen molar-refractivity contribution in [2.24, 2.45) is 0 Å². The summed E-state index contributed by atoms with van der Waals surface area (Å²) in [4.78, 5) is 7.83. The van der Waals surface area contributed by atoms with Crippen LogP contribution in [0.2, 0.25) is 0 Å². The van der Waals surface area contributed by atoms with Crippen LogP contribution >= 0.6 is 0 Å². The summed E-state index contributed by atoms with van der Waals surface area (Å²) in [5, 5.41) is 17.3. The van der Waals surface area contributed by atoms with Crippen molar-refractivity contribution in [2.45, 2.75) is 43.1 Å². The lowest BCUT2D eigenvalue weighted by Crippen LogP contribution is -2.52. The van der Waals surface area contributed by atoms with Crippen LogP contribution < -0.4 is 5.32 Å². The van der Waals surface area contributed by atoms with Gasteiger partial charge in [0.25, 0.3) is 6.43 Å². The summed E-state index contributed by atoms with van der Waals surface area (Å²) in [6, 6.07) is 1.29. The normalized spacial score (nSPS) is 21.9. The van der Waals surface area contributed by atoms with Gasteiger partial charge in [-0.2, -0.15) is 4.31 Å². The molecule has 34 heavy (non-hydrogen) atoms. The number of aliphatic hydroxyl groups excluding tert-OH is 1. The summed E-state index contributed by atoms with van der Waals surface area (Å²) in [6.45, 7) is 0.146. The predicted octanol–water partition coefficient (Wildman–Crippen LogP) is 2.35. The number of pyridine rings is 1. The van der Waals surface area contributed by atoms with Crippen LogP contribution in [0.25, 0.3) is 16.9 Å². The molecule has 0 amide bonds. The van der Waals surface area contributed by atoms with Crippen molar-refractivity contribution in [2.75, 3.05) is 18.4 Å². The Morgan fingerprint density at radius 3 is 2.53 bits per heavy atom. The van der Waals surface area contributed by atoms with Crippen LogP contribution in [-0.4, -0.2) is 67.9 Å². The molecule has 0 bridgehead atoms. The van der Waals surface area contributed by atoms with Crippen molar-refractivity contribution in [3.05, 3.63) is 41.7 Å². The van der Waals surface area contributed by atoms with Crippen LogP contribution in [0.1, 0.15) is 31.3 Å². The fourth-order valence-electron chi connectivity index (χ4n) is 4.01. The van der Waals surface area contributed by atoms with Crippen molar-refractivity contribution in [3.63, 3.8) is 0 Å². The van der Waals surface area contributed by atoms with Crippen molar-refractivity contribution >= 4 is 21.5 Å². The molecule has 2 fully saturated rings. The number of hydrogen-bond acceptors (Lipinski definition) is 7. The van der Waals surface area contributed by atoms with Gasteiger partial charge in [-0.15, -0.1) is 5.10 Å². The van der Waals surface area contributed by atoms with Gasteiger partial charge in [0.2, 0.25) is 16.0 Å². The maximum atomic E-state index is 14.4. The zero-order valence-corrected chi connectivity index (χ0v) is 18.4. The number of anilines is 1. The molecule has 0 unspecified atom stereocenters. The molecule has 9 nitrogen and oxygen atoms in total. The number of β-amino-alcohol motifs (C(OH)–C–C–N with tert-alkyl or cyclic N) is 1. The first-order chi connectivity index (χ1) is 16.1. The molecule has 0 spiro atoms. The lowest BCUT2D eigenvalue weighted by Gasteiger charge is -2.35. The number of halogens is 4. The van der Waals surface area contributed by atoms with E-state index < -0.39 is 45.8 Å². The minimum Gasteiger partial charge on any atom is -0.390 e. The Bertz CT molecular complexity index is 1350. The highest BCUT2D eigenvalue weighted by atomic mass is 32.2. The van der Waals surface area contributed by atoms with Crippen molar-refractivity contribution in [3.8, 4) is 11.4 Å². The van der Waals surface area contributed by atoms with Crippen LogP contribution in [0.4, 0.5) is 23.5 Å². The van der Waals surface area contributed by atoms with Crippen LogP contribution in [0.3, 0.4) is 0 Å². The van der Waals surface area contributed by atoms with E-state index in [1.807, 2.05) is 0 Å². The summed E-state index contributed by atoms with van der Waals surface area (Å²) in [7, 11) is -3.41. The van der Waals surface area contributed by atoms with E-state index in [-0.39, 0.29) is 41.2 Å². The fraction of sp³-hybridized carbons (Fsp3) is 0.450. The zero-order chi connectivity index (χ0) is 24.2. The first-order valence-electron chi connectivity index (χ1n) is 10.6. The summed E-state index contributed by atoms with van der Waals surface area (Å²) in [5.74, 6) is -1.91. The van der Waals surface area contributed by atoms with Gasteiger partial charge < -0.3 is 10.4 Å². The predicted molar refractivity (Wildman–Crippen MR) is 113 cm³/mol. The molecule has 3 aromatic heterocycles. The molecule has 0 radical (unpaired) electrons. The van der Waals surface area contributed by atoms with Gasteiger partial charge >= 0.3 is 0 Å². The number of hydrogen-bond donors (Lipinski definition) is 2. The third-order valence-corrected chi connectivity index (χ3v) is 8.38. The number of piperidine rings is 1. The lowest BCUT2D eigenvalue weighted by atomic mass is 10.0. The molecule has 1 saturated heterocycles. The number of nitrogens with zero attached hydrogens (tertiary/aromatic N) is 5. The van der Waals surface area contributed by atoms with Gasteiger partial charge in [0.05, 0.1) is 46.7 Å². The highest BCUT2D eigenvalue weighted by molar-refractivity contribution is 7.90. The van der Waals surface area contributed by atoms with E-state index in [0.717, 1.165) is 16.6 Å². The second-order valence-electron chi connectivity index (χ2n) is 8.36. The maximum Gasteiger partial charge on any atom is 0.266 e. The second-order valence-corrected chi connectivity index (χ2v) is 10.6. The van der Waals surface area contributed by atoms with Gasteiger partial charge in [-0.3, -0.25) is 4.98 Å². The number of aliphatic hydroxyl groups is 1. The van der Waals surface area contributed by atoms with E-state index in [9.17, 15) is 31.1 Å². The largest absolute Gasteiger partial charge is 0.390 e. The third kappa shape index (κ3) is 4.09. The zero-order valence-electron chi connectivity index (χ0n) is 17.6. The molecule has 4 heterocycles. The van der Waals surface area contributed by atoms with Gasteiger partial charge in [-0.25, -0.2) is 35.5 Å². The van der Waals surface area contributed by atoms with E-state index >= 15 is 0 Å². The SMILES string of the molecule is O=S(=O)(C1CC1)N1CC[C@@H](Nc2ncc3c(F)cc(-c4cc(C(F)F)c(F)cn4)n3n2)[C@H](O)C1. The molecule has 14 heteroatoms. The Balaban J connectivity index is 1.40. The molecule has 3 aromatic rings. The Morgan fingerprint density at radius 2 is 1.85 bits per heavy atom. The highest BCUT2D eigenvalue weighted by Crippen LogP contribution is 2.33. The van der Waals surface area contributed by atoms with Gasteiger partial charge in [0.15, 0.2) is 5.82 Å². The molecule has 2 N–H and O–H groups in total. The molecular formula is C20H20F4N6O3S. The second kappa shape index (κ2) is 8.43. The molecule has 5 rings (SSSR count). The average molecular weight is 500 g/mol. The molecule has 0 aromatic carbocycles. The molecule has 2 aliphatic rings. The highest BCUT2D eigenvalue weighted by Gasteiger charge is 2.43. The number of alkyl halides is 2. The Morgan fingerprint density at radius 1 is 1.09 bits per heavy atom. The minimum atomic E-state index is -3.41. The number of aromatic nitrogens is 4. The Kier molecular flexibility index (Phi) is 5.68. The van der Waals surface area contributed by atoms with Gasteiger partial charge in [-0.1, -0.05) is 0 Å². The number of fused-ring (bicyclic) bond motifs is 1. The van der Waals surface area contributed by atoms with Crippen molar-refractivity contribution in [1.82, 2.24) is 23.9 Å². The summed E-state index contributed by atoms with van der Waals surface area (Å²) in [6.07, 6.45) is -0.766. The first-order valence-corrected chi connectivity index (χ1v) is 12.1. The Labute approximate surface area is 191 Å². The number of nitrogens with one attached hydrogen (secondary N) is 1. The monoisotopic (exact) mass is 500 g/mol. The first kappa shape index (κ1) is 22.9. The minimum absolute atomic E-state index is 0.00287. The third-order valence-electron chi connectivity index (χ3n) is 6.02. The van der Waals surface area contributed by atoms with Crippen molar-refractivity contribution in [1.29, 1.82) is 0 Å². The summed E-state index contributed by atoms with van der Waals surface area (Å²) in [5.41, 5.74) is -1.04. The molecule has 182 valence electrons. The van der Waals surface area contributed by atoms with E-state index in [2.05, 4.69) is 20.4 Å². The van der Waals surface area contributed by atoms with Crippen LogP contribution in [-0.2, 0) is 10.0 Å². The molecule has 1 saturated carbocycles. The smallest absolute Gasteiger partial charge is 0.266 e. The van der Waals surface area contributed by atoms with Gasteiger partial charge in [0, 0.05) is 19.2 Å². The topological polar surface area (TPSA) is 113 Å². The van der Waals surface area contributed by atoms with Gasteiger partial charge in [-0.05, 0) is 25.3 Å². The van der Waals surface area contributed by atoms with E-state index in [0.29, 0.717) is 25.5 Å². The molecular weight excluding hydrogens is 480 g/mol. The van der Waals surface area contributed by atoms with Crippen LogP contribution in [0, 0.1) is 11.6 Å². The number of rotatable bonds is 6. The fourth-order valence-corrected chi connectivity index (χ4v) is 5.88.